The van der Waals surface area contributed by atoms with Gasteiger partial charge in [-0.3, -0.25) is 9.69 Å². The molecule has 0 spiro atoms. The highest BCUT2D eigenvalue weighted by atomic mass is 35.5. The molecule has 1 saturated heterocycles. The number of carbonyl (C=O) groups is 1. The predicted octanol–water partition coefficient (Wildman–Crippen LogP) is 5.53. The molecule has 0 aliphatic carbocycles. The molecule has 0 unspecified atom stereocenters. The number of amides is 1. The maximum absolute atomic E-state index is 12.5. The van der Waals surface area contributed by atoms with Crippen LogP contribution >= 0.6 is 35.6 Å². The summed E-state index contributed by atoms with van der Waals surface area (Å²) in [5.41, 5.74) is 1.89. The molecule has 0 N–H and O–H groups in total. The average Bonchev–Trinajstić information content (AvgIpc) is 2.90. The van der Waals surface area contributed by atoms with Gasteiger partial charge >= 0.3 is 0 Å². The van der Waals surface area contributed by atoms with Crippen LogP contribution < -0.4 is 4.74 Å². The van der Waals surface area contributed by atoms with E-state index < -0.39 is 0 Å². The fraction of sp³-hybridized carbons (Fsp3) is 0.200. The lowest BCUT2D eigenvalue weighted by molar-refractivity contribution is -0.122. The molecule has 134 valence electrons. The minimum Gasteiger partial charge on any atom is -0.488 e. The predicted molar refractivity (Wildman–Crippen MR) is 112 cm³/mol. The van der Waals surface area contributed by atoms with E-state index in [1.54, 1.807) is 4.90 Å². The molecule has 3 rings (SSSR count). The fourth-order valence-electron chi connectivity index (χ4n) is 2.53. The summed E-state index contributed by atoms with van der Waals surface area (Å²) >= 11 is 12.6. The van der Waals surface area contributed by atoms with Gasteiger partial charge in [-0.05, 0) is 36.3 Å². The summed E-state index contributed by atoms with van der Waals surface area (Å²) < 4.78 is 6.57. The van der Waals surface area contributed by atoms with Crippen molar-refractivity contribution in [3.63, 3.8) is 0 Å². The quantitative estimate of drug-likeness (QED) is 0.468. The summed E-state index contributed by atoms with van der Waals surface area (Å²) in [5.74, 6) is 0.692. The first kappa shape index (κ1) is 19.0. The number of para-hydroxylation sites is 1. The van der Waals surface area contributed by atoms with Crippen LogP contribution in [0.4, 0.5) is 0 Å². The second kappa shape index (κ2) is 8.71. The number of rotatable bonds is 6. The van der Waals surface area contributed by atoms with Crippen molar-refractivity contribution in [2.45, 2.75) is 20.0 Å². The van der Waals surface area contributed by atoms with Gasteiger partial charge in [0, 0.05) is 17.1 Å². The van der Waals surface area contributed by atoms with E-state index in [4.69, 9.17) is 28.6 Å². The Hall–Kier alpha value is -1.82. The van der Waals surface area contributed by atoms with Crippen LogP contribution in [0.25, 0.3) is 6.08 Å². The van der Waals surface area contributed by atoms with Crippen molar-refractivity contribution in [2.75, 3.05) is 6.54 Å². The third-order valence-corrected chi connectivity index (χ3v) is 5.46. The van der Waals surface area contributed by atoms with Crippen molar-refractivity contribution >= 4 is 51.9 Å². The van der Waals surface area contributed by atoms with Crippen LogP contribution in [0.2, 0.25) is 5.02 Å². The highest BCUT2D eigenvalue weighted by Crippen LogP contribution is 2.34. The molecule has 0 radical (unpaired) electrons. The maximum atomic E-state index is 12.5. The van der Waals surface area contributed by atoms with Gasteiger partial charge in [-0.15, -0.1) is 0 Å². The van der Waals surface area contributed by atoms with Crippen LogP contribution in [0.5, 0.6) is 5.75 Å². The molecule has 2 aromatic rings. The average molecular weight is 404 g/mol. The second-order valence-corrected chi connectivity index (χ2v) is 7.90. The van der Waals surface area contributed by atoms with E-state index in [1.807, 2.05) is 61.5 Å². The monoisotopic (exact) mass is 403 g/mol. The van der Waals surface area contributed by atoms with Gasteiger partial charge in [0.25, 0.3) is 5.91 Å². The van der Waals surface area contributed by atoms with E-state index >= 15 is 0 Å². The summed E-state index contributed by atoms with van der Waals surface area (Å²) in [4.78, 5) is 14.8. The molecule has 1 aliphatic heterocycles. The number of nitrogens with zero attached hydrogens (tertiary/aromatic N) is 1. The van der Waals surface area contributed by atoms with Gasteiger partial charge in [0.2, 0.25) is 0 Å². The first-order valence-electron chi connectivity index (χ1n) is 8.30. The Balaban J connectivity index is 1.78. The molecule has 1 aliphatic rings. The van der Waals surface area contributed by atoms with Crippen molar-refractivity contribution in [3.8, 4) is 5.75 Å². The van der Waals surface area contributed by atoms with E-state index in [0.717, 1.165) is 23.3 Å². The third kappa shape index (κ3) is 4.47. The number of carbonyl (C=O) groups excluding carboxylic acids is 1. The summed E-state index contributed by atoms with van der Waals surface area (Å²) in [6.45, 7) is 3.11. The van der Waals surface area contributed by atoms with E-state index in [9.17, 15) is 4.79 Å². The molecule has 26 heavy (non-hydrogen) atoms. The van der Waals surface area contributed by atoms with Gasteiger partial charge in [-0.25, -0.2) is 0 Å². The molecule has 0 atom stereocenters. The number of benzene rings is 2. The van der Waals surface area contributed by atoms with Crippen LogP contribution in [0.3, 0.4) is 0 Å². The van der Waals surface area contributed by atoms with Gasteiger partial charge in [-0.2, -0.15) is 0 Å². The first-order valence-corrected chi connectivity index (χ1v) is 9.90. The van der Waals surface area contributed by atoms with E-state index in [1.165, 1.54) is 11.8 Å². The minimum atomic E-state index is -0.0330. The lowest BCUT2D eigenvalue weighted by Crippen LogP contribution is -2.28. The number of hydrogen-bond donors (Lipinski definition) is 0. The van der Waals surface area contributed by atoms with Crippen LogP contribution in [0.15, 0.2) is 53.4 Å². The number of thiocarbonyl (C=S) groups is 1. The number of ether oxygens (including phenoxy) is 1. The summed E-state index contributed by atoms with van der Waals surface area (Å²) in [5, 5.41) is 0.697. The SMILES string of the molecule is CCCN1C(=O)/C(=C/c2ccccc2OCc2ccc(Cl)cc2)SC1=S. The molecular formula is C20H18ClNO2S2. The Labute approximate surface area is 168 Å². The Morgan fingerprint density at radius 1 is 1.19 bits per heavy atom. The number of hydrogen-bond acceptors (Lipinski definition) is 4. The van der Waals surface area contributed by atoms with Crippen molar-refractivity contribution in [1.29, 1.82) is 0 Å². The molecule has 0 aromatic heterocycles. The molecule has 0 bridgehead atoms. The molecule has 2 aromatic carbocycles. The van der Waals surface area contributed by atoms with E-state index in [2.05, 4.69) is 0 Å². The standard InChI is InChI=1S/C20H18ClNO2S2/c1-2-11-22-19(23)18(26-20(22)25)12-15-5-3-4-6-17(15)24-13-14-7-9-16(21)10-8-14/h3-10,12H,2,11,13H2,1H3/b18-12-. The Bertz CT molecular complexity index is 849. The van der Waals surface area contributed by atoms with Crippen LogP contribution in [-0.2, 0) is 11.4 Å². The highest BCUT2D eigenvalue weighted by Gasteiger charge is 2.31. The van der Waals surface area contributed by atoms with Crippen molar-refractivity contribution in [2.24, 2.45) is 0 Å². The minimum absolute atomic E-state index is 0.0330. The highest BCUT2D eigenvalue weighted by molar-refractivity contribution is 8.26. The smallest absolute Gasteiger partial charge is 0.266 e. The molecular weight excluding hydrogens is 386 g/mol. The number of thioether (sulfide) groups is 1. The van der Waals surface area contributed by atoms with Crippen LogP contribution in [0.1, 0.15) is 24.5 Å². The second-order valence-electron chi connectivity index (χ2n) is 5.79. The zero-order valence-corrected chi connectivity index (χ0v) is 16.7. The Kier molecular flexibility index (Phi) is 6.35. The largest absolute Gasteiger partial charge is 0.488 e. The van der Waals surface area contributed by atoms with Gasteiger partial charge in [0.1, 0.15) is 16.7 Å². The Morgan fingerprint density at radius 3 is 2.65 bits per heavy atom. The lowest BCUT2D eigenvalue weighted by Gasteiger charge is -2.12. The van der Waals surface area contributed by atoms with E-state index in [-0.39, 0.29) is 5.91 Å². The molecule has 1 amide bonds. The molecule has 1 heterocycles. The Morgan fingerprint density at radius 2 is 1.92 bits per heavy atom. The summed E-state index contributed by atoms with van der Waals surface area (Å²) in [6.07, 6.45) is 2.73. The molecule has 3 nitrogen and oxygen atoms in total. The summed E-state index contributed by atoms with van der Waals surface area (Å²) in [7, 11) is 0. The maximum Gasteiger partial charge on any atom is 0.266 e. The number of halogens is 1. The lowest BCUT2D eigenvalue weighted by atomic mass is 10.1. The molecule has 6 heteroatoms. The van der Waals surface area contributed by atoms with Gasteiger partial charge < -0.3 is 4.74 Å². The zero-order valence-electron chi connectivity index (χ0n) is 14.3. The normalized spacial score (nSPS) is 15.8. The van der Waals surface area contributed by atoms with Gasteiger partial charge in [0.15, 0.2) is 0 Å². The van der Waals surface area contributed by atoms with Crippen LogP contribution in [-0.4, -0.2) is 21.7 Å². The fourth-order valence-corrected chi connectivity index (χ4v) is 3.96. The van der Waals surface area contributed by atoms with E-state index in [0.29, 0.717) is 27.4 Å². The van der Waals surface area contributed by atoms with Crippen molar-refractivity contribution in [3.05, 3.63) is 69.6 Å². The van der Waals surface area contributed by atoms with Crippen LogP contribution in [0, 0.1) is 0 Å². The van der Waals surface area contributed by atoms with Crippen molar-refractivity contribution < 1.29 is 9.53 Å². The van der Waals surface area contributed by atoms with Gasteiger partial charge in [-0.1, -0.05) is 72.8 Å². The van der Waals surface area contributed by atoms with Crippen molar-refractivity contribution in [1.82, 2.24) is 4.90 Å². The topological polar surface area (TPSA) is 29.5 Å². The molecule has 1 fully saturated rings. The summed E-state index contributed by atoms with van der Waals surface area (Å²) in [6, 6.07) is 15.2. The third-order valence-electron chi connectivity index (χ3n) is 3.83. The zero-order chi connectivity index (χ0) is 18.5. The molecule has 0 saturated carbocycles. The first-order chi connectivity index (χ1) is 12.6. The van der Waals surface area contributed by atoms with Gasteiger partial charge in [0.05, 0.1) is 4.91 Å².